The van der Waals surface area contributed by atoms with Crippen LogP contribution in [0.5, 0.6) is 0 Å². The smallest absolute Gasteiger partial charge is 0.330 e. The third kappa shape index (κ3) is 2.35. The Morgan fingerprint density at radius 3 is 3.00 bits per heavy atom. The standard InChI is InChI=1S/C8H12O3/c1-6-3-7(5-11-6)4-8(9)10-2/h4,6H,3,5H2,1-2H3/b7-4-. The van der Waals surface area contributed by atoms with Crippen LogP contribution >= 0.6 is 0 Å². The fraction of sp³-hybridized carbons (Fsp3) is 0.625. The van der Waals surface area contributed by atoms with Gasteiger partial charge in [0.15, 0.2) is 0 Å². The van der Waals surface area contributed by atoms with Crippen LogP contribution in [-0.4, -0.2) is 25.8 Å². The molecule has 0 spiro atoms. The fourth-order valence-corrected chi connectivity index (χ4v) is 1.06. The Balaban J connectivity index is 2.48. The van der Waals surface area contributed by atoms with Crippen LogP contribution in [0.3, 0.4) is 0 Å². The number of hydrogen-bond donors (Lipinski definition) is 0. The molecule has 1 fully saturated rings. The minimum Gasteiger partial charge on any atom is -0.466 e. The third-order valence-electron chi connectivity index (χ3n) is 1.63. The molecule has 1 aliphatic heterocycles. The molecule has 0 amide bonds. The van der Waals surface area contributed by atoms with E-state index in [4.69, 9.17) is 4.74 Å². The van der Waals surface area contributed by atoms with E-state index in [1.54, 1.807) is 0 Å². The summed E-state index contributed by atoms with van der Waals surface area (Å²) < 4.78 is 9.71. The van der Waals surface area contributed by atoms with Gasteiger partial charge in [0.1, 0.15) is 0 Å². The van der Waals surface area contributed by atoms with Gasteiger partial charge in [-0.1, -0.05) is 0 Å². The molecule has 0 radical (unpaired) electrons. The molecular formula is C8H12O3. The number of rotatable bonds is 1. The molecule has 1 aliphatic rings. The molecule has 3 heteroatoms. The van der Waals surface area contributed by atoms with Crippen LogP contribution in [0.4, 0.5) is 0 Å². The van der Waals surface area contributed by atoms with Crippen molar-refractivity contribution in [3.8, 4) is 0 Å². The molecule has 0 saturated carbocycles. The van der Waals surface area contributed by atoms with Gasteiger partial charge in [-0.3, -0.25) is 0 Å². The van der Waals surface area contributed by atoms with Gasteiger partial charge in [-0.15, -0.1) is 0 Å². The van der Waals surface area contributed by atoms with Crippen LogP contribution in [0.2, 0.25) is 0 Å². The van der Waals surface area contributed by atoms with Crippen molar-refractivity contribution >= 4 is 5.97 Å². The molecule has 0 aromatic rings. The molecule has 1 heterocycles. The molecule has 0 bridgehead atoms. The largest absolute Gasteiger partial charge is 0.466 e. The lowest BCUT2D eigenvalue weighted by atomic mass is 10.2. The van der Waals surface area contributed by atoms with Crippen molar-refractivity contribution in [1.82, 2.24) is 0 Å². The molecule has 11 heavy (non-hydrogen) atoms. The van der Waals surface area contributed by atoms with Gasteiger partial charge in [-0.25, -0.2) is 4.79 Å². The van der Waals surface area contributed by atoms with Crippen LogP contribution < -0.4 is 0 Å². The molecule has 62 valence electrons. The summed E-state index contributed by atoms with van der Waals surface area (Å²) in [5, 5.41) is 0. The predicted molar refractivity (Wildman–Crippen MR) is 40.1 cm³/mol. The summed E-state index contributed by atoms with van der Waals surface area (Å²) in [6.07, 6.45) is 2.59. The maximum absolute atomic E-state index is 10.7. The zero-order chi connectivity index (χ0) is 8.27. The second-order valence-corrected chi connectivity index (χ2v) is 2.65. The van der Waals surface area contributed by atoms with Gasteiger partial charge < -0.3 is 9.47 Å². The number of hydrogen-bond acceptors (Lipinski definition) is 3. The summed E-state index contributed by atoms with van der Waals surface area (Å²) in [6.45, 7) is 2.55. The van der Waals surface area contributed by atoms with E-state index in [-0.39, 0.29) is 12.1 Å². The molecule has 1 atom stereocenters. The lowest BCUT2D eigenvalue weighted by Crippen LogP contribution is -1.97. The molecule has 0 aliphatic carbocycles. The minimum absolute atomic E-state index is 0.242. The predicted octanol–water partition coefficient (Wildman–Crippen LogP) is 0.895. The highest BCUT2D eigenvalue weighted by Gasteiger charge is 2.15. The molecule has 1 saturated heterocycles. The molecule has 0 aromatic carbocycles. The van der Waals surface area contributed by atoms with Gasteiger partial charge in [0.05, 0.1) is 19.8 Å². The summed E-state index contributed by atoms with van der Waals surface area (Å²) in [4.78, 5) is 10.7. The summed E-state index contributed by atoms with van der Waals surface area (Å²) in [5.74, 6) is -0.294. The quantitative estimate of drug-likeness (QED) is 0.418. The van der Waals surface area contributed by atoms with E-state index < -0.39 is 0 Å². The molecule has 3 nitrogen and oxygen atoms in total. The lowest BCUT2D eigenvalue weighted by Gasteiger charge is -1.94. The highest BCUT2D eigenvalue weighted by atomic mass is 16.5. The first kappa shape index (κ1) is 8.27. The fourth-order valence-electron chi connectivity index (χ4n) is 1.06. The highest BCUT2D eigenvalue weighted by Crippen LogP contribution is 2.17. The topological polar surface area (TPSA) is 35.5 Å². The zero-order valence-electron chi connectivity index (χ0n) is 6.79. The Bertz CT molecular complexity index is 184. The number of ether oxygens (including phenoxy) is 2. The van der Waals surface area contributed by atoms with Crippen LogP contribution in [0, 0.1) is 0 Å². The van der Waals surface area contributed by atoms with Gasteiger partial charge in [-0.05, 0) is 18.9 Å². The first-order valence-electron chi connectivity index (χ1n) is 3.61. The normalized spacial score (nSPS) is 27.5. The van der Waals surface area contributed by atoms with E-state index in [0.717, 1.165) is 12.0 Å². The van der Waals surface area contributed by atoms with Crippen LogP contribution in [0.15, 0.2) is 11.6 Å². The van der Waals surface area contributed by atoms with Crippen molar-refractivity contribution in [3.63, 3.8) is 0 Å². The van der Waals surface area contributed by atoms with E-state index >= 15 is 0 Å². The SMILES string of the molecule is COC(=O)/C=C1\COC(C)C1. The Morgan fingerprint density at radius 1 is 1.82 bits per heavy atom. The highest BCUT2D eigenvalue weighted by molar-refractivity contribution is 5.82. The van der Waals surface area contributed by atoms with Crippen LogP contribution in [0.1, 0.15) is 13.3 Å². The summed E-state index contributed by atoms with van der Waals surface area (Å²) in [6, 6.07) is 0. The van der Waals surface area contributed by atoms with Gasteiger partial charge in [-0.2, -0.15) is 0 Å². The second kappa shape index (κ2) is 3.53. The molecule has 0 N–H and O–H groups in total. The zero-order valence-corrected chi connectivity index (χ0v) is 6.79. The number of carbonyl (C=O) groups excluding carboxylic acids is 1. The minimum atomic E-state index is -0.294. The lowest BCUT2D eigenvalue weighted by molar-refractivity contribution is -0.134. The van der Waals surface area contributed by atoms with Gasteiger partial charge in [0, 0.05) is 6.08 Å². The molecular weight excluding hydrogens is 144 g/mol. The van der Waals surface area contributed by atoms with E-state index in [1.165, 1.54) is 13.2 Å². The van der Waals surface area contributed by atoms with Crippen molar-refractivity contribution in [1.29, 1.82) is 0 Å². The van der Waals surface area contributed by atoms with Crippen molar-refractivity contribution in [2.45, 2.75) is 19.4 Å². The van der Waals surface area contributed by atoms with Crippen molar-refractivity contribution < 1.29 is 14.3 Å². The maximum Gasteiger partial charge on any atom is 0.330 e. The van der Waals surface area contributed by atoms with E-state index in [0.29, 0.717) is 6.61 Å². The van der Waals surface area contributed by atoms with Gasteiger partial charge in [0.25, 0.3) is 0 Å². The Kier molecular flexibility index (Phi) is 2.65. The van der Waals surface area contributed by atoms with E-state index in [9.17, 15) is 4.79 Å². The number of methoxy groups -OCH3 is 1. The van der Waals surface area contributed by atoms with E-state index in [2.05, 4.69) is 4.74 Å². The van der Waals surface area contributed by atoms with Crippen molar-refractivity contribution in [2.75, 3.05) is 13.7 Å². The Morgan fingerprint density at radius 2 is 2.55 bits per heavy atom. The van der Waals surface area contributed by atoms with Crippen molar-refractivity contribution in [3.05, 3.63) is 11.6 Å². The number of esters is 1. The summed E-state index contributed by atoms with van der Waals surface area (Å²) in [7, 11) is 1.37. The maximum atomic E-state index is 10.7. The average molecular weight is 156 g/mol. The Hall–Kier alpha value is -0.830. The summed E-state index contributed by atoms with van der Waals surface area (Å²) >= 11 is 0. The molecule has 1 rings (SSSR count). The van der Waals surface area contributed by atoms with Gasteiger partial charge >= 0.3 is 5.97 Å². The Labute approximate surface area is 66.0 Å². The second-order valence-electron chi connectivity index (χ2n) is 2.65. The summed E-state index contributed by atoms with van der Waals surface area (Å²) in [5.41, 5.74) is 1.02. The van der Waals surface area contributed by atoms with Crippen LogP contribution in [0.25, 0.3) is 0 Å². The van der Waals surface area contributed by atoms with E-state index in [1.807, 2.05) is 6.92 Å². The first-order chi connectivity index (χ1) is 5.22. The van der Waals surface area contributed by atoms with Crippen molar-refractivity contribution in [2.24, 2.45) is 0 Å². The molecule has 1 unspecified atom stereocenters. The third-order valence-corrected chi connectivity index (χ3v) is 1.63. The molecule has 0 aromatic heterocycles. The van der Waals surface area contributed by atoms with Gasteiger partial charge in [0.2, 0.25) is 0 Å². The first-order valence-corrected chi connectivity index (χ1v) is 3.61. The average Bonchev–Trinajstić information content (AvgIpc) is 2.35. The van der Waals surface area contributed by atoms with Crippen LogP contribution in [-0.2, 0) is 14.3 Å². The number of carbonyl (C=O) groups is 1. The monoisotopic (exact) mass is 156 g/mol.